The second kappa shape index (κ2) is 8.10. The molecule has 0 spiro atoms. The Hall–Kier alpha value is -2.73. The molecule has 0 N–H and O–H groups in total. The van der Waals surface area contributed by atoms with E-state index in [2.05, 4.69) is 58.7 Å². The van der Waals surface area contributed by atoms with Crippen LogP contribution in [0.3, 0.4) is 0 Å². The lowest BCUT2D eigenvalue weighted by Gasteiger charge is -2.30. The van der Waals surface area contributed by atoms with Crippen molar-refractivity contribution < 1.29 is 4.79 Å². The van der Waals surface area contributed by atoms with E-state index in [-0.39, 0.29) is 5.91 Å². The number of aryl methyl sites for hydroxylation is 1. The maximum atomic E-state index is 12.8. The third kappa shape index (κ3) is 4.22. The molecule has 0 saturated heterocycles. The van der Waals surface area contributed by atoms with Crippen LogP contribution < -0.4 is 4.90 Å². The second-order valence-electron chi connectivity index (χ2n) is 7.35. The Kier molecular flexibility index (Phi) is 5.39. The Balaban J connectivity index is 1.36. The average molecular weight is 393 g/mol. The molecule has 0 fully saturated rings. The maximum Gasteiger partial charge on any atom is 0.242 e. The molecule has 5 nitrogen and oxygen atoms in total. The lowest BCUT2D eigenvalue weighted by atomic mass is 10.00. The summed E-state index contributed by atoms with van der Waals surface area (Å²) >= 11 is 1.35. The summed E-state index contributed by atoms with van der Waals surface area (Å²) in [7, 11) is 1.91. The van der Waals surface area contributed by atoms with Gasteiger partial charge < -0.3 is 9.80 Å². The van der Waals surface area contributed by atoms with Crippen molar-refractivity contribution in [3.63, 3.8) is 0 Å². The van der Waals surface area contributed by atoms with Gasteiger partial charge in [-0.1, -0.05) is 54.1 Å². The van der Waals surface area contributed by atoms with Crippen LogP contribution in [-0.2, 0) is 24.2 Å². The van der Waals surface area contributed by atoms with E-state index in [1.165, 1.54) is 33.8 Å². The van der Waals surface area contributed by atoms with Crippen LogP contribution in [0.4, 0.5) is 5.13 Å². The van der Waals surface area contributed by atoms with Crippen LogP contribution in [0, 0.1) is 6.92 Å². The lowest BCUT2D eigenvalue weighted by molar-refractivity contribution is -0.130. The highest BCUT2D eigenvalue weighted by Crippen LogP contribution is 2.21. The number of amides is 1. The van der Waals surface area contributed by atoms with E-state index in [0.29, 0.717) is 19.5 Å². The van der Waals surface area contributed by atoms with Gasteiger partial charge in [0.25, 0.3) is 0 Å². The summed E-state index contributed by atoms with van der Waals surface area (Å²) in [6.07, 6.45) is 1.63. The smallest absolute Gasteiger partial charge is 0.242 e. The quantitative estimate of drug-likeness (QED) is 0.667. The van der Waals surface area contributed by atoms with Crippen molar-refractivity contribution in [2.24, 2.45) is 0 Å². The van der Waals surface area contributed by atoms with E-state index >= 15 is 0 Å². The van der Waals surface area contributed by atoms with Crippen LogP contribution >= 0.6 is 11.5 Å². The number of carbonyl (C=O) groups is 1. The SMILES string of the molecule is Cc1ccc(Cc2nsc(N(C)CC(=O)N3CCc4ccccc4C3)n2)cc1. The third-order valence-electron chi connectivity index (χ3n) is 5.12. The molecule has 1 aliphatic rings. The van der Waals surface area contributed by atoms with Crippen LogP contribution in [-0.4, -0.2) is 40.3 Å². The molecule has 4 rings (SSSR count). The van der Waals surface area contributed by atoms with Crippen molar-refractivity contribution in [3.8, 4) is 0 Å². The Morgan fingerprint density at radius 2 is 1.89 bits per heavy atom. The molecule has 1 aromatic heterocycles. The molecule has 144 valence electrons. The van der Waals surface area contributed by atoms with E-state index < -0.39 is 0 Å². The van der Waals surface area contributed by atoms with Crippen LogP contribution in [0.15, 0.2) is 48.5 Å². The summed E-state index contributed by atoms with van der Waals surface area (Å²) in [5, 5.41) is 0.785. The van der Waals surface area contributed by atoms with Gasteiger partial charge in [0, 0.05) is 38.1 Å². The molecular weight excluding hydrogens is 368 g/mol. The minimum absolute atomic E-state index is 0.132. The summed E-state index contributed by atoms with van der Waals surface area (Å²) in [6.45, 7) is 3.87. The van der Waals surface area contributed by atoms with Crippen LogP contribution in [0.5, 0.6) is 0 Å². The molecule has 0 bridgehead atoms. The summed E-state index contributed by atoms with van der Waals surface area (Å²) in [4.78, 5) is 21.2. The van der Waals surface area contributed by atoms with Gasteiger partial charge in [-0.2, -0.15) is 4.37 Å². The summed E-state index contributed by atoms with van der Waals surface area (Å²) < 4.78 is 4.47. The van der Waals surface area contributed by atoms with E-state index in [1.54, 1.807) is 0 Å². The van der Waals surface area contributed by atoms with Crippen molar-refractivity contribution in [2.75, 3.05) is 25.0 Å². The molecule has 0 unspecified atom stereocenters. The van der Waals surface area contributed by atoms with Gasteiger partial charge in [0.05, 0.1) is 6.54 Å². The van der Waals surface area contributed by atoms with Gasteiger partial charge in [-0.25, -0.2) is 4.98 Å². The number of benzene rings is 2. The fourth-order valence-electron chi connectivity index (χ4n) is 3.44. The predicted octanol–water partition coefficient (Wildman–Crippen LogP) is 3.46. The molecular formula is C22H24N4OS. The number of fused-ring (bicyclic) bond motifs is 1. The highest BCUT2D eigenvalue weighted by atomic mass is 32.1. The van der Waals surface area contributed by atoms with Crippen molar-refractivity contribution in [1.82, 2.24) is 14.3 Å². The highest BCUT2D eigenvalue weighted by molar-refractivity contribution is 7.09. The molecule has 0 atom stereocenters. The molecule has 3 aromatic rings. The zero-order chi connectivity index (χ0) is 19.5. The standard InChI is InChI=1S/C22H24N4OS/c1-16-7-9-17(10-8-16)13-20-23-22(28-24-20)25(2)15-21(27)26-12-11-18-5-3-4-6-19(18)14-26/h3-10H,11-15H2,1-2H3. The van der Waals surface area contributed by atoms with E-state index in [1.807, 2.05) is 22.9 Å². The molecule has 0 radical (unpaired) electrons. The Morgan fingerprint density at radius 1 is 1.14 bits per heavy atom. The molecule has 2 heterocycles. The molecule has 0 aliphatic carbocycles. The number of carbonyl (C=O) groups excluding carboxylic acids is 1. The number of anilines is 1. The summed E-state index contributed by atoms with van der Waals surface area (Å²) in [5.41, 5.74) is 5.04. The number of likely N-dealkylation sites (N-methyl/N-ethyl adjacent to an activating group) is 1. The van der Waals surface area contributed by atoms with Crippen LogP contribution in [0.25, 0.3) is 0 Å². The molecule has 28 heavy (non-hydrogen) atoms. The number of rotatable bonds is 5. The predicted molar refractivity (Wildman–Crippen MR) is 113 cm³/mol. The molecule has 6 heteroatoms. The zero-order valence-electron chi connectivity index (χ0n) is 16.3. The van der Waals surface area contributed by atoms with Gasteiger partial charge in [-0.3, -0.25) is 4.79 Å². The Labute approximate surface area is 169 Å². The van der Waals surface area contributed by atoms with Crippen molar-refractivity contribution >= 4 is 22.6 Å². The number of hydrogen-bond donors (Lipinski definition) is 0. The van der Waals surface area contributed by atoms with E-state index in [0.717, 1.165) is 23.9 Å². The lowest BCUT2D eigenvalue weighted by Crippen LogP contribution is -2.41. The van der Waals surface area contributed by atoms with Gasteiger partial charge >= 0.3 is 0 Å². The average Bonchev–Trinajstić information content (AvgIpc) is 3.18. The molecule has 0 saturated carbocycles. The van der Waals surface area contributed by atoms with E-state index in [4.69, 9.17) is 0 Å². The summed E-state index contributed by atoms with van der Waals surface area (Å²) in [5.74, 6) is 0.933. The second-order valence-corrected chi connectivity index (χ2v) is 8.08. The topological polar surface area (TPSA) is 49.3 Å². The van der Waals surface area contributed by atoms with Gasteiger partial charge in [-0.05, 0) is 30.0 Å². The van der Waals surface area contributed by atoms with Gasteiger partial charge in [-0.15, -0.1) is 0 Å². The minimum Gasteiger partial charge on any atom is -0.341 e. The van der Waals surface area contributed by atoms with Gasteiger partial charge in [0.1, 0.15) is 5.82 Å². The normalized spacial score (nSPS) is 13.3. The van der Waals surface area contributed by atoms with Crippen molar-refractivity contribution in [2.45, 2.75) is 26.3 Å². The van der Waals surface area contributed by atoms with Gasteiger partial charge in [0.15, 0.2) is 0 Å². The fourth-order valence-corrected chi connectivity index (χ4v) is 4.08. The summed E-state index contributed by atoms with van der Waals surface area (Å²) in [6, 6.07) is 16.8. The third-order valence-corrected chi connectivity index (χ3v) is 5.99. The Bertz CT molecular complexity index is 967. The number of aromatic nitrogens is 2. The first kappa shape index (κ1) is 18.6. The van der Waals surface area contributed by atoms with Crippen molar-refractivity contribution in [1.29, 1.82) is 0 Å². The van der Waals surface area contributed by atoms with Crippen LogP contribution in [0.2, 0.25) is 0 Å². The zero-order valence-corrected chi connectivity index (χ0v) is 17.1. The van der Waals surface area contributed by atoms with E-state index in [9.17, 15) is 4.79 Å². The molecule has 1 amide bonds. The molecule has 1 aliphatic heterocycles. The Morgan fingerprint density at radius 3 is 2.68 bits per heavy atom. The molecule has 2 aromatic carbocycles. The largest absolute Gasteiger partial charge is 0.341 e. The van der Waals surface area contributed by atoms with Crippen LogP contribution in [0.1, 0.15) is 28.1 Å². The maximum absolute atomic E-state index is 12.8. The first-order valence-corrected chi connectivity index (χ1v) is 10.3. The highest BCUT2D eigenvalue weighted by Gasteiger charge is 2.22. The fraction of sp³-hybridized carbons (Fsp3) is 0.318. The first-order valence-electron chi connectivity index (χ1n) is 9.52. The number of hydrogen-bond acceptors (Lipinski definition) is 5. The van der Waals surface area contributed by atoms with Crippen molar-refractivity contribution in [3.05, 3.63) is 76.6 Å². The monoisotopic (exact) mass is 392 g/mol. The number of nitrogens with zero attached hydrogens (tertiary/aromatic N) is 4. The minimum atomic E-state index is 0.132. The van der Waals surface area contributed by atoms with Gasteiger partial charge in [0.2, 0.25) is 11.0 Å². The first-order chi connectivity index (χ1) is 13.6.